The maximum absolute atomic E-state index is 5.65. The Morgan fingerprint density at radius 2 is 1.91 bits per heavy atom. The van der Waals surface area contributed by atoms with Crippen LogP contribution in [-0.2, 0) is 12.8 Å². The van der Waals surface area contributed by atoms with Crippen LogP contribution in [0.25, 0.3) is 0 Å². The molecule has 0 N–H and O–H groups in total. The van der Waals surface area contributed by atoms with Crippen molar-refractivity contribution < 1.29 is 12.8 Å². The molecule has 0 saturated carbocycles. The zero-order valence-electron chi connectivity index (χ0n) is 5.67. The van der Waals surface area contributed by atoms with Crippen LogP contribution in [0.3, 0.4) is 0 Å². The molecule has 1 aromatic carbocycles. The second kappa shape index (κ2) is 6.55. The van der Waals surface area contributed by atoms with E-state index in [1.807, 2.05) is 33.3 Å². The summed E-state index contributed by atoms with van der Waals surface area (Å²) in [4.78, 5) is 0. The Morgan fingerprint density at radius 1 is 1.36 bits per heavy atom. The van der Waals surface area contributed by atoms with Gasteiger partial charge in [-0.15, -0.1) is 35.3 Å². The summed E-state index contributed by atoms with van der Waals surface area (Å²) in [5.74, 6) is 0. The van der Waals surface area contributed by atoms with Crippen molar-refractivity contribution >= 4 is 43.5 Å². The molecule has 11 heavy (non-hydrogen) atoms. The van der Waals surface area contributed by atoms with E-state index >= 15 is 0 Å². The Bertz CT molecular complexity index is 177. The van der Waals surface area contributed by atoms with Gasteiger partial charge in [-0.2, -0.15) is 11.6 Å². The van der Waals surface area contributed by atoms with E-state index in [1.165, 1.54) is 0 Å². The van der Waals surface area contributed by atoms with Crippen molar-refractivity contribution in [3.63, 3.8) is 0 Å². The molecule has 0 heterocycles. The molecule has 0 fully saturated rings. The van der Waals surface area contributed by atoms with Gasteiger partial charge in [0.05, 0.1) is 0 Å². The summed E-state index contributed by atoms with van der Waals surface area (Å²) in [6, 6.07) is 6.37. The first kappa shape index (κ1) is 12.0. The molecule has 1 aromatic rings. The Labute approximate surface area is 96.2 Å². The summed E-state index contributed by atoms with van der Waals surface area (Å²) < 4.78 is 0. The van der Waals surface area contributed by atoms with Crippen molar-refractivity contribution in [3.05, 3.63) is 33.8 Å². The average molecular weight is 342 g/mol. The summed E-state index contributed by atoms with van der Waals surface area (Å²) in [6.45, 7) is 1.90. The predicted molar refractivity (Wildman–Crippen MR) is 54.1 cm³/mol. The fraction of sp³-hybridized carbons (Fsp3) is 0.143. The first-order valence-corrected chi connectivity index (χ1v) is 7.24. The number of benzene rings is 1. The zero-order chi connectivity index (χ0) is 8.85. The normalized spacial score (nSPS) is 8.36. The van der Waals surface area contributed by atoms with Crippen LogP contribution in [0.2, 0.25) is 10.0 Å². The molecule has 0 aliphatic rings. The monoisotopic (exact) mass is 341 g/mol. The number of halogens is 3. The van der Waals surface area contributed by atoms with Crippen LogP contribution in [0.4, 0.5) is 0 Å². The molecule has 0 radical (unpaired) electrons. The molecule has 0 atom stereocenters. The first-order valence-electron chi connectivity index (χ1n) is 2.68. The third kappa shape index (κ3) is 5.31. The van der Waals surface area contributed by atoms with E-state index in [1.54, 1.807) is 6.07 Å². The fourth-order valence-electron chi connectivity index (χ4n) is 0.630. The topological polar surface area (TPSA) is 0 Å². The molecule has 0 aliphatic heterocycles. The Kier molecular flexibility index (Phi) is 7.18. The van der Waals surface area contributed by atoms with E-state index in [0.717, 1.165) is 5.56 Å². The van der Waals surface area contributed by atoms with Crippen molar-refractivity contribution in [3.8, 4) is 0 Å². The van der Waals surface area contributed by atoms with Crippen LogP contribution in [0.5, 0.6) is 0 Å². The van der Waals surface area contributed by atoms with Gasteiger partial charge in [0, 0.05) is 0 Å². The molecule has 61 valence electrons. The van der Waals surface area contributed by atoms with Crippen LogP contribution in [-0.4, -0.2) is 0 Å². The van der Waals surface area contributed by atoms with Crippen molar-refractivity contribution in [1.29, 1.82) is 0 Å². The molecular weight excluding hydrogens is 337 g/mol. The van der Waals surface area contributed by atoms with Gasteiger partial charge in [-0.3, -0.25) is 0 Å². The summed E-state index contributed by atoms with van der Waals surface area (Å²) in [7, 11) is 0. The second-order valence-corrected chi connectivity index (χ2v) is 2.67. The first-order chi connectivity index (χ1) is 5.18. The Hall–Kier alpha value is 1.05. The number of aryl methyl sites for hydroxylation is 1. The van der Waals surface area contributed by atoms with Gasteiger partial charge in [-0.25, -0.2) is 0 Å². The summed E-state index contributed by atoms with van der Waals surface area (Å²) in [6.07, 6.45) is 0. The van der Waals surface area contributed by atoms with E-state index < -0.39 is 0 Å². The third-order valence-electron chi connectivity index (χ3n) is 0.936. The number of hydrogen-bond acceptors (Lipinski definition) is 0. The molecule has 0 unspecified atom stereocenters. The van der Waals surface area contributed by atoms with Crippen LogP contribution in [0, 0.1) is 13.0 Å². The van der Waals surface area contributed by atoms with Crippen molar-refractivity contribution in [2.24, 2.45) is 0 Å². The molecule has 4 heteroatoms. The minimum absolute atomic E-state index is 0.569. The standard InChI is InChI=1S/C7H5Cl2.HI.Mn/c1-5-2-6(8)4-7(9)3-5;;/h2,4H,1H3;1H;/q-1;;+2/p-1. The molecule has 0 nitrogen and oxygen atoms in total. The number of hydrogen-bond donors (Lipinski definition) is 0. The molecule has 1 rings (SSSR count). The molecule has 0 amide bonds. The molecule has 0 saturated heterocycles. The predicted octanol–water partition coefficient (Wildman–Crippen LogP) is 3.99. The maximum atomic E-state index is 5.65. The van der Waals surface area contributed by atoms with Crippen LogP contribution >= 0.6 is 43.5 Å². The van der Waals surface area contributed by atoms with Gasteiger partial charge in [-0.05, 0) is 0 Å². The van der Waals surface area contributed by atoms with Crippen molar-refractivity contribution in [1.82, 2.24) is 0 Å². The van der Waals surface area contributed by atoms with E-state index in [0.29, 0.717) is 10.0 Å². The average Bonchev–Trinajstić information content (AvgIpc) is 1.88. The Balaban J connectivity index is 0.000000461. The fourth-order valence-corrected chi connectivity index (χ4v) is 1.23. The summed E-state index contributed by atoms with van der Waals surface area (Å²) in [5.41, 5.74) is 0.965. The van der Waals surface area contributed by atoms with Gasteiger partial charge in [0.2, 0.25) is 0 Å². The van der Waals surface area contributed by atoms with Crippen molar-refractivity contribution in [2.75, 3.05) is 0 Å². The molecular formula is C7H5Cl2IMn. The summed E-state index contributed by atoms with van der Waals surface area (Å²) >= 11 is 16.1. The Morgan fingerprint density at radius 3 is 2.27 bits per heavy atom. The van der Waals surface area contributed by atoms with E-state index in [2.05, 4.69) is 18.8 Å². The summed E-state index contributed by atoms with van der Waals surface area (Å²) in [5, 5.41) is 1.23. The van der Waals surface area contributed by atoms with Crippen LogP contribution in [0.1, 0.15) is 5.56 Å². The van der Waals surface area contributed by atoms with E-state index in [4.69, 9.17) is 23.2 Å². The SMILES string of the molecule is Cc1[c-]c(Cl)cc(Cl)c1.[Mn+][I]. The van der Waals surface area contributed by atoms with E-state index in [-0.39, 0.29) is 0 Å². The van der Waals surface area contributed by atoms with Gasteiger partial charge in [0.25, 0.3) is 0 Å². The van der Waals surface area contributed by atoms with Gasteiger partial charge in [0.15, 0.2) is 0 Å². The van der Waals surface area contributed by atoms with Gasteiger partial charge >= 0.3 is 33.1 Å². The quantitative estimate of drug-likeness (QED) is 0.380. The zero-order valence-corrected chi connectivity index (χ0v) is 10.5. The molecule has 0 aliphatic carbocycles. The minimum atomic E-state index is 0.569. The van der Waals surface area contributed by atoms with Gasteiger partial charge in [-0.1, -0.05) is 17.0 Å². The molecule has 0 aromatic heterocycles. The number of rotatable bonds is 0. The second-order valence-electron chi connectivity index (χ2n) is 1.83. The van der Waals surface area contributed by atoms with Crippen LogP contribution < -0.4 is 0 Å². The van der Waals surface area contributed by atoms with Gasteiger partial charge in [0.1, 0.15) is 0 Å². The van der Waals surface area contributed by atoms with E-state index in [9.17, 15) is 0 Å². The molecule has 0 spiro atoms. The molecule has 0 bridgehead atoms. The van der Waals surface area contributed by atoms with Crippen molar-refractivity contribution in [2.45, 2.75) is 6.92 Å². The van der Waals surface area contributed by atoms with Gasteiger partial charge < -0.3 is 0 Å². The van der Waals surface area contributed by atoms with Crippen LogP contribution in [0.15, 0.2) is 12.1 Å². The third-order valence-corrected chi connectivity index (χ3v) is 1.36.